The summed E-state index contributed by atoms with van der Waals surface area (Å²) in [7, 11) is -1.79. The molecule has 0 spiro atoms. The second-order valence-corrected chi connectivity index (χ2v) is 17.0. The Hall–Kier alpha value is 0.637. The molecule has 26 heavy (non-hydrogen) atoms. The van der Waals surface area contributed by atoms with Crippen molar-refractivity contribution in [1.82, 2.24) is 0 Å². The van der Waals surface area contributed by atoms with Crippen LogP contribution in [0.3, 0.4) is 0 Å². The zero-order chi connectivity index (χ0) is 19.6. The third-order valence-electron chi connectivity index (χ3n) is 5.55. The Morgan fingerprint density at radius 2 is 1.81 bits per heavy atom. The van der Waals surface area contributed by atoms with Crippen LogP contribution in [-0.2, 0) is 4.43 Å². The number of thioether (sulfide) groups is 2. The van der Waals surface area contributed by atoms with Gasteiger partial charge in [0.05, 0.1) is 20.7 Å². The molecule has 2 nitrogen and oxygen atoms in total. The van der Waals surface area contributed by atoms with Gasteiger partial charge in [0.1, 0.15) is 0 Å². The Morgan fingerprint density at radius 1 is 1.19 bits per heavy atom. The van der Waals surface area contributed by atoms with E-state index in [1.54, 1.807) is 0 Å². The molecule has 148 valence electrons. The Bertz CT molecular complexity index is 614. The first-order valence-corrected chi connectivity index (χ1v) is 14.6. The zero-order valence-electron chi connectivity index (χ0n) is 16.3. The van der Waals surface area contributed by atoms with E-state index < -0.39 is 8.32 Å². The van der Waals surface area contributed by atoms with Crippen LogP contribution in [0.25, 0.3) is 0 Å². The number of hydrogen-bond donors (Lipinski definition) is 1. The number of aliphatic hydroxyl groups is 1. The van der Waals surface area contributed by atoms with Gasteiger partial charge < -0.3 is 9.53 Å². The minimum absolute atomic E-state index is 0.146. The molecule has 1 aliphatic heterocycles. The van der Waals surface area contributed by atoms with Crippen LogP contribution >= 0.6 is 46.7 Å². The smallest absolute Gasteiger partial charge is 0.191 e. The fourth-order valence-electron chi connectivity index (χ4n) is 2.89. The van der Waals surface area contributed by atoms with Crippen molar-refractivity contribution in [3.8, 4) is 0 Å². The third-order valence-corrected chi connectivity index (χ3v) is 14.4. The van der Waals surface area contributed by atoms with Gasteiger partial charge in [-0.25, -0.2) is 0 Å². The van der Waals surface area contributed by atoms with Crippen LogP contribution in [-0.4, -0.2) is 42.2 Å². The van der Waals surface area contributed by atoms with Crippen LogP contribution in [0.4, 0.5) is 0 Å². The summed E-state index contributed by atoms with van der Waals surface area (Å²) in [5.41, 5.74) is 1.13. The maximum absolute atomic E-state index is 10.2. The molecule has 0 amide bonds. The number of halogens is 2. The molecular weight excluding hydrogens is 423 g/mol. The largest absolute Gasteiger partial charge is 0.417 e. The van der Waals surface area contributed by atoms with Gasteiger partial charge in [-0.3, -0.25) is 0 Å². The van der Waals surface area contributed by atoms with Crippen molar-refractivity contribution < 1.29 is 9.53 Å². The van der Waals surface area contributed by atoms with Gasteiger partial charge in [0.15, 0.2) is 8.32 Å². The lowest BCUT2D eigenvalue weighted by Gasteiger charge is -2.38. The van der Waals surface area contributed by atoms with E-state index in [-0.39, 0.29) is 21.6 Å². The van der Waals surface area contributed by atoms with Crippen LogP contribution in [0.1, 0.15) is 38.7 Å². The molecule has 1 aliphatic rings. The molecule has 1 atom stereocenters. The van der Waals surface area contributed by atoms with Crippen LogP contribution in [0.15, 0.2) is 18.2 Å². The molecule has 1 unspecified atom stereocenters. The van der Waals surface area contributed by atoms with Crippen molar-refractivity contribution in [3.05, 3.63) is 33.8 Å². The molecule has 0 aliphatic carbocycles. The summed E-state index contributed by atoms with van der Waals surface area (Å²) < 4.78 is 6.20. The molecule has 1 aromatic rings. The standard InChI is InChI=1S/C19H30Cl2O2S2Si/c1-18(2,3)26(4,5)23-9-8-15(19(13-22)24-10-11-25-19)14-6-7-16(20)17(21)12-14/h6-7,12,15,22H,8-11,13H2,1-5H3. The van der Waals surface area contributed by atoms with Crippen molar-refractivity contribution in [2.45, 2.75) is 55.3 Å². The van der Waals surface area contributed by atoms with E-state index >= 15 is 0 Å². The van der Waals surface area contributed by atoms with Crippen molar-refractivity contribution in [3.63, 3.8) is 0 Å². The predicted octanol–water partition coefficient (Wildman–Crippen LogP) is 6.66. The fraction of sp³-hybridized carbons (Fsp3) is 0.684. The van der Waals surface area contributed by atoms with Crippen molar-refractivity contribution in [1.29, 1.82) is 0 Å². The molecule has 7 heteroatoms. The quantitative estimate of drug-likeness (QED) is 0.468. The highest BCUT2D eigenvalue weighted by Crippen LogP contribution is 2.54. The average molecular weight is 454 g/mol. The monoisotopic (exact) mass is 452 g/mol. The summed E-state index contributed by atoms with van der Waals surface area (Å²) in [6.45, 7) is 12.2. The highest BCUT2D eigenvalue weighted by molar-refractivity contribution is 8.21. The zero-order valence-corrected chi connectivity index (χ0v) is 20.4. The lowest BCUT2D eigenvalue weighted by molar-refractivity contribution is 0.238. The number of hydrogen-bond acceptors (Lipinski definition) is 4. The first-order valence-electron chi connectivity index (χ1n) is 9.00. The molecule has 1 aromatic carbocycles. The van der Waals surface area contributed by atoms with Crippen molar-refractivity contribution in [2.24, 2.45) is 0 Å². The molecule has 0 aromatic heterocycles. The minimum atomic E-state index is -1.79. The summed E-state index contributed by atoms with van der Waals surface area (Å²) in [5, 5.41) is 11.6. The first kappa shape index (κ1) is 22.9. The highest BCUT2D eigenvalue weighted by Gasteiger charge is 2.44. The van der Waals surface area contributed by atoms with Gasteiger partial charge in [-0.15, -0.1) is 23.5 Å². The van der Waals surface area contributed by atoms with Gasteiger partial charge in [0.2, 0.25) is 0 Å². The predicted molar refractivity (Wildman–Crippen MR) is 122 cm³/mol. The molecule has 1 fully saturated rings. The summed E-state index contributed by atoms with van der Waals surface area (Å²) >= 11 is 16.1. The van der Waals surface area contributed by atoms with Crippen LogP contribution < -0.4 is 0 Å². The van der Waals surface area contributed by atoms with E-state index in [1.165, 1.54) is 0 Å². The van der Waals surface area contributed by atoms with E-state index in [1.807, 2.05) is 41.7 Å². The van der Waals surface area contributed by atoms with E-state index in [4.69, 9.17) is 27.6 Å². The van der Waals surface area contributed by atoms with Gasteiger partial charge >= 0.3 is 0 Å². The summed E-state index contributed by atoms with van der Waals surface area (Å²) in [4.78, 5) is 0. The minimum Gasteiger partial charge on any atom is -0.417 e. The topological polar surface area (TPSA) is 29.5 Å². The first-order chi connectivity index (χ1) is 12.0. The molecule has 0 radical (unpaired) electrons. The van der Waals surface area contributed by atoms with Gasteiger partial charge in [-0.2, -0.15) is 0 Å². The fourth-order valence-corrected chi connectivity index (χ4v) is 7.54. The normalized spacial score (nSPS) is 18.9. The van der Waals surface area contributed by atoms with E-state index in [0.717, 1.165) is 23.5 Å². The maximum Gasteiger partial charge on any atom is 0.191 e. The van der Waals surface area contributed by atoms with Crippen LogP contribution in [0, 0.1) is 0 Å². The van der Waals surface area contributed by atoms with Crippen molar-refractivity contribution >= 4 is 55.0 Å². The number of rotatable bonds is 7. The van der Waals surface area contributed by atoms with E-state index in [2.05, 4.69) is 33.9 Å². The number of benzene rings is 1. The van der Waals surface area contributed by atoms with Gasteiger partial charge in [-0.1, -0.05) is 50.0 Å². The van der Waals surface area contributed by atoms with Gasteiger partial charge in [0, 0.05) is 24.0 Å². The van der Waals surface area contributed by atoms with Gasteiger partial charge in [0.25, 0.3) is 0 Å². The Morgan fingerprint density at radius 3 is 2.31 bits per heavy atom. The second-order valence-electron chi connectivity index (χ2n) is 8.29. The summed E-state index contributed by atoms with van der Waals surface area (Å²) in [5.74, 6) is 2.29. The molecule has 1 N–H and O–H groups in total. The van der Waals surface area contributed by atoms with Gasteiger partial charge in [-0.05, 0) is 42.2 Å². The lowest BCUT2D eigenvalue weighted by Crippen LogP contribution is -2.41. The van der Waals surface area contributed by atoms with E-state index in [0.29, 0.717) is 16.7 Å². The Balaban J connectivity index is 2.23. The summed E-state index contributed by atoms with van der Waals surface area (Å²) in [6, 6.07) is 5.86. The number of aliphatic hydroxyl groups excluding tert-OH is 1. The average Bonchev–Trinajstić information content (AvgIpc) is 3.03. The second kappa shape index (κ2) is 8.98. The SMILES string of the molecule is CC(C)(C)[Si](C)(C)OCCC(c1ccc(Cl)c(Cl)c1)C1(CO)SCCS1. The molecule has 1 saturated heterocycles. The Kier molecular flexibility index (Phi) is 7.91. The Labute approximate surface area is 177 Å². The van der Waals surface area contributed by atoms with Crippen LogP contribution in [0.5, 0.6) is 0 Å². The molecule has 0 saturated carbocycles. The molecular formula is C19H30Cl2O2S2Si. The molecule has 0 bridgehead atoms. The van der Waals surface area contributed by atoms with Crippen molar-refractivity contribution in [2.75, 3.05) is 24.7 Å². The van der Waals surface area contributed by atoms with Crippen LogP contribution in [0.2, 0.25) is 28.2 Å². The molecule has 1 heterocycles. The lowest BCUT2D eigenvalue weighted by atomic mass is 9.92. The maximum atomic E-state index is 10.2. The van der Waals surface area contributed by atoms with E-state index in [9.17, 15) is 5.11 Å². The third kappa shape index (κ3) is 5.16. The summed E-state index contributed by atoms with van der Waals surface area (Å²) in [6.07, 6.45) is 0.866. The highest BCUT2D eigenvalue weighted by atomic mass is 35.5. The molecule has 2 rings (SSSR count).